The van der Waals surface area contributed by atoms with Gasteiger partial charge in [0.25, 0.3) is 0 Å². The molecular formula is C10H15N5. The number of aromatic amines is 1. The Morgan fingerprint density at radius 3 is 3.07 bits per heavy atom. The molecule has 5 nitrogen and oxygen atoms in total. The zero-order valence-corrected chi connectivity index (χ0v) is 8.72. The van der Waals surface area contributed by atoms with Crippen LogP contribution in [0.1, 0.15) is 30.9 Å². The Morgan fingerprint density at radius 2 is 2.47 bits per heavy atom. The number of hydrogen-bond donors (Lipinski definition) is 4. The summed E-state index contributed by atoms with van der Waals surface area (Å²) in [4.78, 5) is 2.73. The van der Waals surface area contributed by atoms with Crippen molar-refractivity contribution in [2.75, 3.05) is 12.3 Å². The number of nitrogens with one attached hydrogen (secondary N) is 3. The fourth-order valence-corrected chi connectivity index (χ4v) is 1.28. The van der Waals surface area contributed by atoms with Gasteiger partial charge in [-0.2, -0.15) is 5.26 Å². The van der Waals surface area contributed by atoms with Crippen LogP contribution in [-0.4, -0.2) is 17.4 Å². The number of hydrogen-bond acceptors (Lipinski definition) is 3. The minimum absolute atomic E-state index is 0.207. The van der Waals surface area contributed by atoms with Crippen molar-refractivity contribution in [2.24, 2.45) is 0 Å². The number of nitrogen functional groups attached to an aromatic ring is 1. The van der Waals surface area contributed by atoms with Gasteiger partial charge in [-0.15, -0.1) is 0 Å². The fourth-order valence-electron chi connectivity index (χ4n) is 1.28. The molecule has 0 saturated heterocycles. The summed E-state index contributed by atoms with van der Waals surface area (Å²) in [6.45, 7) is 2.81. The predicted molar refractivity (Wildman–Crippen MR) is 59.7 cm³/mol. The fraction of sp³-hybridized carbons (Fsp3) is 0.400. The lowest BCUT2D eigenvalue weighted by Crippen LogP contribution is -2.25. The summed E-state index contributed by atoms with van der Waals surface area (Å²) in [5.41, 5.74) is 6.51. The number of nitriles is 1. The van der Waals surface area contributed by atoms with E-state index in [1.165, 1.54) is 6.20 Å². The lowest BCUT2D eigenvalue weighted by atomic mass is 10.2. The van der Waals surface area contributed by atoms with Crippen molar-refractivity contribution in [3.63, 3.8) is 0 Å². The van der Waals surface area contributed by atoms with Gasteiger partial charge in [0.1, 0.15) is 17.7 Å². The second-order valence-corrected chi connectivity index (χ2v) is 3.26. The zero-order chi connectivity index (χ0) is 11.3. The molecule has 15 heavy (non-hydrogen) atoms. The van der Waals surface area contributed by atoms with Crippen LogP contribution in [0.5, 0.6) is 0 Å². The van der Waals surface area contributed by atoms with Crippen molar-refractivity contribution >= 4 is 11.7 Å². The van der Waals surface area contributed by atoms with E-state index in [-0.39, 0.29) is 5.84 Å². The summed E-state index contributed by atoms with van der Waals surface area (Å²) in [5, 5.41) is 19.5. The maximum absolute atomic E-state index is 8.80. The van der Waals surface area contributed by atoms with Crippen molar-refractivity contribution in [3.05, 3.63) is 17.3 Å². The van der Waals surface area contributed by atoms with Crippen LogP contribution in [0.3, 0.4) is 0 Å². The summed E-state index contributed by atoms with van der Waals surface area (Å²) < 4.78 is 0. The summed E-state index contributed by atoms with van der Waals surface area (Å²) in [6.07, 6.45) is 3.57. The largest absolute Gasteiger partial charge is 0.385 e. The average Bonchev–Trinajstić information content (AvgIpc) is 2.59. The topological polar surface area (TPSA) is 101 Å². The van der Waals surface area contributed by atoms with Crippen LogP contribution in [-0.2, 0) is 0 Å². The van der Waals surface area contributed by atoms with Gasteiger partial charge in [0.15, 0.2) is 0 Å². The molecule has 1 aromatic rings. The number of H-pyrrole nitrogens is 1. The number of rotatable bonds is 4. The van der Waals surface area contributed by atoms with E-state index in [2.05, 4.69) is 17.2 Å². The third-order valence-electron chi connectivity index (χ3n) is 2.11. The lowest BCUT2D eigenvalue weighted by Gasteiger charge is -2.06. The Hall–Kier alpha value is -1.96. The van der Waals surface area contributed by atoms with Gasteiger partial charge in [0.2, 0.25) is 0 Å². The highest BCUT2D eigenvalue weighted by atomic mass is 15.0. The molecule has 0 amide bonds. The maximum atomic E-state index is 8.80. The van der Waals surface area contributed by atoms with Crippen LogP contribution < -0.4 is 11.1 Å². The van der Waals surface area contributed by atoms with Crippen LogP contribution in [0, 0.1) is 16.7 Å². The molecule has 0 radical (unpaired) electrons. The molecule has 0 fully saturated rings. The average molecular weight is 205 g/mol. The van der Waals surface area contributed by atoms with Gasteiger partial charge in [-0.3, -0.25) is 5.41 Å². The molecule has 0 spiro atoms. The van der Waals surface area contributed by atoms with Crippen molar-refractivity contribution in [2.45, 2.75) is 19.8 Å². The normalized spacial score (nSPS) is 9.60. The lowest BCUT2D eigenvalue weighted by molar-refractivity contribution is 0.753. The summed E-state index contributed by atoms with van der Waals surface area (Å²) in [7, 11) is 0. The quantitative estimate of drug-likeness (QED) is 0.337. The minimum Gasteiger partial charge on any atom is -0.385 e. The van der Waals surface area contributed by atoms with E-state index in [0.717, 1.165) is 19.4 Å². The standard InChI is InChI=1S/C10H15N5/c1-2-3-4-14-9(12)8-7(5-11)6-15-10(8)13/h6,15H,2-4,13H2,1H3,(H2,12,14). The number of anilines is 1. The predicted octanol–water partition coefficient (Wildman–Crippen LogP) is 1.18. The van der Waals surface area contributed by atoms with Crippen LogP contribution in [0.4, 0.5) is 5.82 Å². The molecule has 0 bridgehead atoms. The van der Waals surface area contributed by atoms with Gasteiger partial charge in [-0.1, -0.05) is 13.3 Å². The molecule has 0 aliphatic carbocycles. The van der Waals surface area contributed by atoms with Crippen LogP contribution in [0.2, 0.25) is 0 Å². The molecule has 1 heterocycles. The molecule has 0 unspecified atom stereocenters. The molecule has 0 aromatic carbocycles. The van der Waals surface area contributed by atoms with E-state index in [1.54, 1.807) is 0 Å². The molecule has 80 valence electrons. The summed E-state index contributed by atoms with van der Waals surface area (Å²) in [6, 6.07) is 2.00. The Labute approximate surface area is 88.8 Å². The minimum atomic E-state index is 0.207. The third kappa shape index (κ3) is 2.50. The molecule has 5 heteroatoms. The summed E-state index contributed by atoms with van der Waals surface area (Å²) in [5.74, 6) is 0.569. The van der Waals surface area contributed by atoms with Gasteiger partial charge in [-0.05, 0) is 6.42 Å². The number of amidine groups is 1. The highest BCUT2D eigenvalue weighted by molar-refractivity contribution is 6.02. The molecule has 0 saturated carbocycles. The highest BCUT2D eigenvalue weighted by Crippen LogP contribution is 2.14. The van der Waals surface area contributed by atoms with E-state index in [0.29, 0.717) is 16.9 Å². The van der Waals surface area contributed by atoms with Gasteiger partial charge in [-0.25, -0.2) is 0 Å². The Kier molecular flexibility index (Phi) is 3.75. The Morgan fingerprint density at radius 1 is 1.73 bits per heavy atom. The van der Waals surface area contributed by atoms with Crippen molar-refractivity contribution in [1.82, 2.24) is 10.3 Å². The van der Waals surface area contributed by atoms with Crippen LogP contribution >= 0.6 is 0 Å². The highest BCUT2D eigenvalue weighted by Gasteiger charge is 2.12. The first-order valence-corrected chi connectivity index (χ1v) is 4.90. The number of aromatic nitrogens is 1. The van der Waals surface area contributed by atoms with Crippen molar-refractivity contribution in [1.29, 1.82) is 10.7 Å². The zero-order valence-electron chi connectivity index (χ0n) is 8.72. The number of unbranched alkanes of at least 4 members (excludes halogenated alkanes) is 1. The molecule has 0 aliphatic rings. The first-order chi connectivity index (χ1) is 7.20. The second-order valence-electron chi connectivity index (χ2n) is 3.26. The Bertz CT molecular complexity index is 385. The molecule has 5 N–H and O–H groups in total. The molecule has 1 aromatic heterocycles. The van der Waals surface area contributed by atoms with Crippen molar-refractivity contribution in [3.8, 4) is 6.07 Å². The first kappa shape index (κ1) is 11.1. The van der Waals surface area contributed by atoms with E-state index >= 15 is 0 Å². The summed E-state index contributed by atoms with van der Waals surface area (Å²) >= 11 is 0. The van der Waals surface area contributed by atoms with Gasteiger partial charge < -0.3 is 16.0 Å². The smallest absolute Gasteiger partial charge is 0.130 e. The number of nitrogens with two attached hydrogens (primary N) is 1. The van der Waals surface area contributed by atoms with E-state index in [9.17, 15) is 0 Å². The van der Waals surface area contributed by atoms with Gasteiger partial charge in [0.05, 0.1) is 11.1 Å². The second kappa shape index (κ2) is 5.05. The van der Waals surface area contributed by atoms with E-state index in [4.69, 9.17) is 16.4 Å². The van der Waals surface area contributed by atoms with E-state index in [1.807, 2.05) is 6.07 Å². The Balaban J connectivity index is 2.73. The molecular weight excluding hydrogens is 190 g/mol. The molecule has 0 aliphatic heterocycles. The van der Waals surface area contributed by atoms with Crippen LogP contribution in [0.15, 0.2) is 6.20 Å². The molecule has 0 atom stereocenters. The van der Waals surface area contributed by atoms with E-state index < -0.39 is 0 Å². The molecule has 1 rings (SSSR count). The number of nitrogens with zero attached hydrogens (tertiary/aromatic N) is 1. The first-order valence-electron chi connectivity index (χ1n) is 4.90. The van der Waals surface area contributed by atoms with Crippen molar-refractivity contribution < 1.29 is 0 Å². The van der Waals surface area contributed by atoms with Gasteiger partial charge in [0, 0.05) is 12.7 Å². The third-order valence-corrected chi connectivity index (χ3v) is 2.11. The SMILES string of the molecule is CCCCNC(=N)c1c(C#N)c[nH]c1N. The maximum Gasteiger partial charge on any atom is 0.130 e. The monoisotopic (exact) mass is 205 g/mol. The van der Waals surface area contributed by atoms with Crippen LogP contribution in [0.25, 0.3) is 0 Å². The van der Waals surface area contributed by atoms with Gasteiger partial charge >= 0.3 is 0 Å².